The average Bonchev–Trinajstić information content (AvgIpc) is 4.29. The predicted molar refractivity (Wildman–Crippen MR) is 319 cm³/mol. The van der Waals surface area contributed by atoms with Gasteiger partial charge in [0.1, 0.15) is 5.58 Å². The summed E-state index contributed by atoms with van der Waals surface area (Å²) in [5.74, 6) is 1.49. The first-order valence-corrected chi connectivity index (χ1v) is 26.3. The number of fused-ring (bicyclic) bond motifs is 12. The lowest BCUT2D eigenvalue weighted by Gasteiger charge is -2.21. The van der Waals surface area contributed by atoms with Crippen LogP contribution in [0.15, 0.2) is 259 Å². The highest BCUT2D eigenvalue weighted by Gasteiger charge is 2.20. The summed E-state index contributed by atoms with van der Waals surface area (Å²) in [7, 11) is 0. The van der Waals surface area contributed by atoms with Crippen molar-refractivity contribution in [2.75, 3.05) is 9.80 Å². The Hall–Kier alpha value is -10.0. The maximum atomic E-state index is 6.52. The fourth-order valence-electron chi connectivity index (χ4n) is 11.2. The van der Waals surface area contributed by atoms with Gasteiger partial charge in [-0.3, -0.25) is 9.13 Å². The number of benzene rings is 10. The van der Waals surface area contributed by atoms with Crippen molar-refractivity contribution in [2.45, 2.75) is 0 Å². The summed E-state index contributed by atoms with van der Waals surface area (Å²) in [6, 6.07) is 85.5. The van der Waals surface area contributed by atoms with Gasteiger partial charge >= 0.3 is 0 Å². The van der Waals surface area contributed by atoms with Crippen molar-refractivity contribution in [3.8, 4) is 11.6 Å². The van der Waals surface area contributed by atoms with E-state index in [1.807, 2.05) is 29.5 Å². The summed E-state index contributed by atoms with van der Waals surface area (Å²) >= 11 is 1.84. The minimum absolute atomic E-state index is 0.745. The zero-order chi connectivity index (χ0) is 50.1. The van der Waals surface area contributed by atoms with Gasteiger partial charge in [-0.15, -0.1) is 21.5 Å². The van der Waals surface area contributed by atoms with E-state index < -0.39 is 0 Å². The molecule has 0 aliphatic rings. The summed E-state index contributed by atoms with van der Waals surface area (Å²) in [6.45, 7) is 0. The number of rotatable bonds is 10. The molecule has 0 aliphatic heterocycles. The maximum Gasteiger partial charge on any atom is 0.160 e. The molecule has 7 nitrogen and oxygen atoms in total. The second-order valence-corrected chi connectivity index (χ2v) is 20.1. The number of aromatic nitrogens is 4. The lowest BCUT2D eigenvalue weighted by Crippen LogP contribution is -2.08. The molecule has 0 bridgehead atoms. The standard InChI is InChI=1S/C68H44N6OS/c1-3-17-47(18-4-1)71(61-29-15-25-53-51-23-9-13-31-63(51)75-67(53)61)41-39-45-33-35-59-55(43-45)49-21-7-11-27-57(49)73(59)65-37-38-66(70-69-65)74-58-28-12-8-22-50(58)56-44-46(34-36-60(56)74)40-42-72(48-19-5-2-6-20-48)62-30-16-26-54-52-24-10-14-32-64(52)76-68(54)62/h1-44H/b41-39?,42-40+. The van der Waals surface area contributed by atoms with Crippen molar-refractivity contribution < 1.29 is 4.42 Å². The molecule has 0 saturated heterocycles. The number of hydrogen-bond acceptors (Lipinski definition) is 6. The fraction of sp³-hybridized carbons (Fsp3) is 0. The van der Waals surface area contributed by atoms with Crippen molar-refractivity contribution in [1.82, 2.24) is 19.3 Å². The molecule has 0 aliphatic carbocycles. The van der Waals surface area contributed by atoms with Crippen molar-refractivity contribution in [1.29, 1.82) is 0 Å². The van der Waals surface area contributed by atoms with Gasteiger partial charge in [0, 0.05) is 71.6 Å². The Kier molecular flexibility index (Phi) is 10.2. The van der Waals surface area contributed by atoms with Crippen LogP contribution < -0.4 is 9.80 Å². The molecular weight excluding hydrogens is 949 g/mol. The van der Waals surface area contributed by atoms with Crippen molar-refractivity contribution in [3.63, 3.8) is 0 Å². The summed E-state index contributed by atoms with van der Waals surface area (Å²) in [6.07, 6.45) is 8.74. The third-order valence-electron chi connectivity index (χ3n) is 14.7. The van der Waals surface area contributed by atoms with Gasteiger partial charge in [-0.1, -0.05) is 146 Å². The molecule has 8 heteroatoms. The molecule has 0 fully saturated rings. The van der Waals surface area contributed by atoms with E-state index in [1.165, 1.54) is 20.2 Å². The maximum absolute atomic E-state index is 6.52. The molecule has 0 amide bonds. The van der Waals surface area contributed by atoms with Crippen LogP contribution >= 0.6 is 11.3 Å². The Bertz CT molecular complexity index is 4470. The van der Waals surface area contributed by atoms with E-state index in [-0.39, 0.29) is 0 Å². The van der Waals surface area contributed by atoms with Crippen LogP contribution in [-0.4, -0.2) is 19.3 Å². The molecule has 0 spiro atoms. The molecule has 5 aromatic heterocycles. The number of thiophene rings is 1. The minimum atomic E-state index is 0.745. The highest BCUT2D eigenvalue weighted by molar-refractivity contribution is 7.26. The Morgan fingerprint density at radius 1 is 0.368 bits per heavy atom. The first-order chi connectivity index (χ1) is 37.7. The number of nitrogens with zero attached hydrogens (tertiary/aromatic N) is 6. The molecule has 15 aromatic rings. The van der Waals surface area contributed by atoms with Crippen LogP contribution in [0.3, 0.4) is 0 Å². The zero-order valence-corrected chi connectivity index (χ0v) is 41.7. The molecule has 76 heavy (non-hydrogen) atoms. The van der Waals surface area contributed by atoms with Gasteiger partial charge in [-0.05, 0) is 120 Å². The van der Waals surface area contributed by atoms with Gasteiger partial charge in [0.15, 0.2) is 17.2 Å². The quantitative estimate of drug-likeness (QED) is 0.137. The number of furan rings is 1. The monoisotopic (exact) mass is 992 g/mol. The van der Waals surface area contributed by atoms with Crippen molar-refractivity contribution >= 4 is 132 Å². The second kappa shape index (κ2) is 17.9. The van der Waals surface area contributed by atoms with E-state index >= 15 is 0 Å². The predicted octanol–water partition coefficient (Wildman–Crippen LogP) is 18.6. The smallest absolute Gasteiger partial charge is 0.160 e. The molecule has 0 atom stereocenters. The second-order valence-electron chi connectivity index (χ2n) is 19.1. The molecule has 0 unspecified atom stereocenters. The Balaban J connectivity index is 0.775. The molecule has 10 aromatic carbocycles. The average molecular weight is 993 g/mol. The molecule has 5 heterocycles. The van der Waals surface area contributed by atoms with Crippen LogP contribution in [0.5, 0.6) is 0 Å². The molecule has 0 saturated carbocycles. The van der Waals surface area contributed by atoms with Crippen LogP contribution in [0.4, 0.5) is 22.7 Å². The van der Waals surface area contributed by atoms with E-state index in [2.05, 4.69) is 268 Å². The lowest BCUT2D eigenvalue weighted by atomic mass is 10.1. The first kappa shape index (κ1) is 43.6. The summed E-state index contributed by atoms with van der Waals surface area (Å²) in [5, 5.41) is 19.3. The van der Waals surface area contributed by atoms with E-state index in [1.54, 1.807) is 0 Å². The SMILES string of the molecule is C(=CN(c1ccccc1)c1cccc2c1oc1ccccc12)c1ccc2c(c1)c1ccccc1n2-c1ccc(-n2c3ccccc3c3cc(/C=C/N(c4ccccc4)c4cccc5c4sc4ccccc45)ccc32)nn1. The van der Waals surface area contributed by atoms with E-state index in [9.17, 15) is 0 Å². The summed E-state index contributed by atoms with van der Waals surface area (Å²) in [4.78, 5) is 4.51. The fourth-order valence-corrected chi connectivity index (χ4v) is 12.4. The third-order valence-corrected chi connectivity index (χ3v) is 15.9. The van der Waals surface area contributed by atoms with Crippen LogP contribution in [0.1, 0.15) is 11.1 Å². The van der Waals surface area contributed by atoms with Gasteiger partial charge in [0.25, 0.3) is 0 Å². The summed E-state index contributed by atoms with van der Waals surface area (Å²) < 4.78 is 13.5. The molecule has 0 radical (unpaired) electrons. The largest absolute Gasteiger partial charge is 0.454 e. The normalized spacial score (nSPS) is 12.1. The minimum Gasteiger partial charge on any atom is -0.454 e. The van der Waals surface area contributed by atoms with E-state index in [0.29, 0.717) is 0 Å². The highest BCUT2D eigenvalue weighted by Crippen LogP contribution is 2.43. The Labute approximate surface area is 441 Å². The number of anilines is 4. The van der Waals surface area contributed by atoms with Gasteiger partial charge in [-0.25, -0.2) is 0 Å². The Morgan fingerprint density at radius 2 is 0.842 bits per heavy atom. The lowest BCUT2D eigenvalue weighted by molar-refractivity contribution is 0.669. The molecule has 358 valence electrons. The summed E-state index contributed by atoms with van der Waals surface area (Å²) in [5.41, 5.74) is 12.4. The van der Waals surface area contributed by atoms with Gasteiger partial charge in [-0.2, -0.15) is 0 Å². The van der Waals surface area contributed by atoms with Gasteiger partial charge in [0.2, 0.25) is 0 Å². The van der Waals surface area contributed by atoms with Crippen LogP contribution in [0, 0.1) is 0 Å². The van der Waals surface area contributed by atoms with Crippen LogP contribution in [-0.2, 0) is 0 Å². The Morgan fingerprint density at radius 3 is 1.45 bits per heavy atom. The van der Waals surface area contributed by atoms with E-state index in [0.717, 1.165) is 111 Å². The van der Waals surface area contributed by atoms with Crippen molar-refractivity contribution in [3.05, 3.63) is 266 Å². The number of hydrogen-bond donors (Lipinski definition) is 0. The highest BCUT2D eigenvalue weighted by atomic mass is 32.1. The molecular formula is C68H44N6OS. The molecule has 0 N–H and O–H groups in total. The van der Waals surface area contributed by atoms with Crippen LogP contribution in [0.25, 0.3) is 110 Å². The third kappa shape index (κ3) is 7.18. The molecule has 15 rings (SSSR count). The zero-order valence-electron chi connectivity index (χ0n) is 40.9. The van der Waals surface area contributed by atoms with Crippen LogP contribution in [0.2, 0.25) is 0 Å². The van der Waals surface area contributed by atoms with Gasteiger partial charge in [0.05, 0.1) is 38.1 Å². The van der Waals surface area contributed by atoms with E-state index in [4.69, 9.17) is 14.6 Å². The topological polar surface area (TPSA) is 55.3 Å². The van der Waals surface area contributed by atoms with Crippen molar-refractivity contribution in [2.24, 2.45) is 0 Å². The first-order valence-electron chi connectivity index (χ1n) is 25.5. The number of para-hydroxylation sites is 6. The van der Waals surface area contributed by atoms with Gasteiger partial charge < -0.3 is 14.2 Å².